The number of hydrogen-bond donors (Lipinski definition) is 4. The molecule has 0 atom stereocenters. The summed E-state index contributed by atoms with van der Waals surface area (Å²) in [5.41, 5.74) is 11.1. The van der Waals surface area contributed by atoms with E-state index in [0.29, 0.717) is 11.1 Å². The highest BCUT2D eigenvalue weighted by Crippen LogP contribution is 2.04. The van der Waals surface area contributed by atoms with Crippen molar-refractivity contribution in [1.29, 1.82) is 0 Å². The first kappa shape index (κ1) is 12.5. The molecule has 0 spiro atoms. The number of benzene rings is 1. The minimum atomic E-state index is -0.619. The number of rotatable bonds is 4. The molecule has 1 aromatic rings. The van der Waals surface area contributed by atoms with Crippen molar-refractivity contribution in [3.8, 4) is 0 Å². The van der Waals surface area contributed by atoms with E-state index < -0.39 is 11.8 Å². The lowest BCUT2D eigenvalue weighted by molar-refractivity contribution is -0.117. The van der Waals surface area contributed by atoms with E-state index in [1.54, 1.807) is 0 Å². The molecule has 2 amide bonds. The molecule has 0 aliphatic carbocycles. The number of amides is 2. The van der Waals surface area contributed by atoms with E-state index >= 15 is 0 Å². The summed E-state index contributed by atoms with van der Waals surface area (Å²) in [6.45, 7) is -0.221. The first-order chi connectivity index (χ1) is 8.04. The molecule has 0 aliphatic heterocycles. The van der Waals surface area contributed by atoms with Gasteiger partial charge in [0.2, 0.25) is 5.91 Å². The van der Waals surface area contributed by atoms with Crippen LogP contribution in [0.5, 0.6) is 0 Å². The standard InChI is InChI=1S/C10H12N4O3/c11-8(15)5-13-10(16)7-3-1-6(2-4-7)9(12)14-17/h1-4,17H,5H2,(H2,11,15)(H2,12,14)(H,13,16). The number of hydrogen-bond acceptors (Lipinski definition) is 4. The number of nitrogens with two attached hydrogens (primary N) is 2. The third-order valence-electron chi connectivity index (χ3n) is 1.97. The molecule has 1 rings (SSSR count). The van der Waals surface area contributed by atoms with Crippen LogP contribution in [0.1, 0.15) is 15.9 Å². The highest BCUT2D eigenvalue weighted by Gasteiger charge is 2.07. The lowest BCUT2D eigenvalue weighted by atomic mass is 10.1. The van der Waals surface area contributed by atoms with Crippen molar-refractivity contribution in [3.63, 3.8) is 0 Å². The van der Waals surface area contributed by atoms with Gasteiger partial charge in [-0.15, -0.1) is 0 Å². The largest absolute Gasteiger partial charge is 0.409 e. The van der Waals surface area contributed by atoms with Crippen molar-refractivity contribution >= 4 is 17.6 Å². The molecule has 0 aromatic heterocycles. The van der Waals surface area contributed by atoms with Crippen LogP contribution in [0.15, 0.2) is 29.4 Å². The van der Waals surface area contributed by atoms with Gasteiger partial charge in [-0.1, -0.05) is 17.3 Å². The van der Waals surface area contributed by atoms with Crippen molar-refractivity contribution in [2.75, 3.05) is 6.54 Å². The van der Waals surface area contributed by atoms with E-state index in [2.05, 4.69) is 10.5 Å². The number of carbonyl (C=O) groups excluding carboxylic acids is 2. The molecular formula is C10H12N4O3. The second kappa shape index (κ2) is 5.50. The Balaban J connectivity index is 2.74. The lowest BCUT2D eigenvalue weighted by Gasteiger charge is -2.03. The van der Waals surface area contributed by atoms with Gasteiger partial charge in [0.25, 0.3) is 5.91 Å². The summed E-state index contributed by atoms with van der Waals surface area (Å²) in [6, 6.07) is 6.02. The maximum absolute atomic E-state index is 11.5. The summed E-state index contributed by atoms with van der Waals surface area (Å²) < 4.78 is 0. The Hall–Kier alpha value is -2.57. The normalized spacial score (nSPS) is 10.9. The van der Waals surface area contributed by atoms with Gasteiger partial charge in [-0.05, 0) is 12.1 Å². The zero-order valence-corrected chi connectivity index (χ0v) is 8.88. The maximum atomic E-state index is 11.5. The van der Waals surface area contributed by atoms with Crippen molar-refractivity contribution in [2.45, 2.75) is 0 Å². The van der Waals surface area contributed by atoms with E-state index in [9.17, 15) is 9.59 Å². The fourth-order valence-corrected chi connectivity index (χ4v) is 1.12. The number of nitrogens with one attached hydrogen (secondary N) is 1. The SMILES string of the molecule is NC(=O)CNC(=O)c1ccc(/C(N)=N/O)cc1. The molecular weight excluding hydrogens is 224 g/mol. The van der Waals surface area contributed by atoms with Crippen LogP contribution in [-0.4, -0.2) is 29.4 Å². The van der Waals surface area contributed by atoms with Crippen LogP contribution in [0.25, 0.3) is 0 Å². The van der Waals surface area contributed by atoms with E-state index in [1.807, 2.05) is 0 Å². The first-order valence-electron chi connectivity index (χ1n) is 4.69. The van der Waals surface area contributed by atoms with Crippen LogP contribution in [0.3, 0.4) is 0 Å². The predicted octanol–water partition coefficient (Wildman–Crippen LogP) is -1.00. The Morgan fingerprint density at radius 2 is 1.71 bits per heavy atom. The van der Waals surface area contributed by atoms with E-state index in [0.717, 1.165) is 0 Å². The fourth-order valence-electron chi connectivity index (χ4n) is 1.12. The zero-order valence-electron chi connectivity index (χ0n) is 8.88. The van der Waals surface area contributed by atoms with Gasteiger partial charge in [-0.3, -0.25) is 9.59 Å². The molecule has 7 heteroatoms. The van der Waals surface area contributed by atoms with E-state index in [-0.39, 0.29) is 12.4 Å². The summed E-state index contributed by atoms with van der Waals surface area (Å²) >= 11 is 0. The van der Waals surface area contributed by atoms with Gasteiger partial charge in [-0.2, -0.15) is 0 Å². The Bertz CT molecular complexity index is 453. The Morgan fingerprint density at radius 3 is 2.18 bits per heavy atom. The first-order valence-corrected chi connectivity index (χ1v) is 4.69. The topological polar surface area (TPSA) is 131 Å². The van der Waals surface area contributed by atoms with Crippen molar-refractivity contribution < 1.29 is 14.8 Å². The smallest absolute Gasteiger partial charge is 0.251 e. The molecule has 1 aromatic carbocycles. The summed E-state index contributed by atoms with van der Waals surface area (Å²) in [5, 5.41) is 13.6. The van der Waals surface area contributed by atoms with Gasteiger partial charge < -0.3 is 22.0 Å². The summed E-state index contributed by atoms with van der Waals surface area (Å²) in [7, 11) is 0. The van der Waals surface area contributed by atoms with Crippen LogP contribution >= 0.6 is 0 Å². The minimum Gasteiger partial charge on any atom is -0.409 e. The Kier molecular flexibility index (Phi) is 4.04. The van der Waals surface area contributed by atoms with Crippen LogP contribution in [-0.2, 0) is 4.79 Å². The Morgan fingerprint density at radius 1 is 1.18 bits per heavy atom. The van der Waals surface area contributed by atoms with Gasteiger partial charge >= 0.3 is 0 Å². The van der Waals surface area contributed by atoms with Crippen LogP contribution in [0.4, 0.5) is 0 Å². The third kappa shape index (κ3) is 3.49. The summed E-state index contributed by atoms with van der Waals surface area (Å²) in [5.74, 6) is -1.09. The average Bonchev–Trinajstić information content (AvgIpc) is 2.35. The molecule has 0 saturated heterocycles. The minimum absolute atomic E-state index is 0.0471. The fraction of sp³-hybridized carbons (Fsp3) is 0.100. The molecule has 0 heterocycles. The lowest BCUT2D eigenvalue weighted by Crippen LogP contribution is -2.33. The monoisotopic (exact) mass is 236 g/mol. The quantitative estimate of drug-likeness (QED) is 0.231. The Labute approximate surface area is 97.1 Å². The molecule has 0 saturated carbocycles. The molecule has 0 aliphatic rings. The highest BCUT2D eigenvalue weighted by atomic mass is 16.4. The number of oxime groups is 1. The molecule has 0 bridgehead atoms. The summed E-state index contributed by atoms with van der Waals surface area (Å²) in [6.07, 6.45) is 0. The van der Waals surface area contributed by atoms with Gasteiger partial charge in [0.15, 0.2) is 5.84 Å². The number of nitrogens with zero attached hydrogens (tertiary/aromatic N) is 1. The van der Waals surface area contributed by atoms with Gasteiger partial charge in [0.05, 0.1) is 6.54 Å². The molecule has 0 unspecified atom stereocenters. The predicted molar refractivity (Wildman–Crippen MR) is 60.5 cm³/mol. The number of primary amides is 1. The molecule has 6 N–H and O–H groups in total. The van der Waals surface area contributed by atoms with Gasteiger partial charge in [-0.25, -0.2) is 0 Å². The van der Waals surface area contributed by atoms with E-state index in [1.165, 1.54) is 24.3 Å². The molecule has 0 fully saturated rings. The molecule has 90 valence electrons. The molecule has 17 heavy (non-hydrogen) atoms. The average molecular weight is 236 g/mol. The van der Waals surface area contributed by atoms with Crippen molar-refractivity contribution in [2.24, 2.45) is 16.6 Å². The van der Waals surface area contributed by atoms with Crippen LogP contribution in [0, 0.1) is 0 Å². The van der Waals surface area contributed by atoms with Gasteiger partial charge in [0.1, 0.15) is 0 Å². The summed E-state index contributed by atoms with van der Waals surface area (Å²) in [4.78, 5) is 21.9. The van der Waals surface area contributed by atoms with Crippen LogP contribution < -0.4 is 16.8 Å². The van der Waals surface area contributed by atoms with Gasteiger partial charge in [0, 0.05) is 11.1 Å². The number of amidine groups is 1. The maximum Gasteiger partial charge on any atom is 0.251 e. The second-order valence-corrected chi connectivity index (χ2v) is 3.21. The molecule has 7 nitrogen and oxygen atoms in total. The van der Waals surface area contributed by atoms with E-state index in [4.69, 9.17) is 16.7 Å². The molecule has 0 radical (unpaired) electrons. The highest BCUT2D eigenvalue weighted by molar-refractivity contribution is 6.00. The van der Waals surface area contributed by atoms with Crippen molar-refractivity contribution in [3.05, 3.63) is 35.4 Å². The second-order valence-electron chi connectivity index (χ2n) is 3.21. The van der Waals surface area contributed by atoms with Crippen LogP contribution in [0.2, 0.25) is 0 Å². The third-order valence-corrected chi connectivity index (χ3v) is 1.97. The number of carbonyl (C=O) groups is 2. The van der Waals surface area contributed by atoms with Crippen molar-refractivity contribution in [1.82, 2.24) is 5.32 Å². The zero-order chi connectivity index (χ0) is 12.8.